The average Bonchev–Trinajstić information content (AvgIpc) is 2.67. The number of piperidine rings is 1. The maximum Gasteiger partial charge on any atom is 0.407 e. The summed E-state index contributed by atoms with van der Waals surface area (Å²) in [4.78, 5) is 11.9. The molecule has 1 aliphatic rings. The molecule has 1 amide bonds. The van der Waals surface area contributed by atoms with Crippen molar-refractivity contribution >= 4 is 16.1 Å². The molecule has 8 heteroatoms. The maximum absolute atomic E-state index is 13.4. The topological polar surface area (TPSA) is 75.7 Å². The first kappa shape index (κ1) is 19.3. The van der Waals surface area contributed by atoms with E-state index in [1.54, 1.807) is 0 Å². The highest BCUT2D eigenvalue weighted by Crippen LogP contribution is 2.21. The molecule has 1 heterocycles. The van der Waals surface area contributed by atoms with Crippen molar-refractivity contribution in [2.45, 2.75) is 30.4 Å². The number of sulfonamides is 1. The van der Waals surface area contributed by atoms with E-state index in [2.05, 4.69) is 5.32 Å². The number of nitrogens with zero attached hydrogens (tertiary/aromatic N) is 1. The Morgan fingerprint density at radius 3 is 2.70 bits per heavy atom. The van der Waals surface area contributed by atoms with Crippen LogP contribution in [0.5, 0.6) is 0 Å². The van der Waals surface area contributed by atoms with Gasteiger partial charge >= 0.3 is 6.09 Å². The van der Waals surface area contributed by atoms with Crippen molar-refractivity contribution in [2.24, 2.45) is 0 Å². The number of rotatable bonds is 5. The first-order chi connectivity index (χ1) is 12.9. The lowest BCUT2D eigenvalue weighted by molar-refractivity contribution is 0.131. The van der Waals surface area contributed by atoms with Crippen LogP contribution in [-0.2, 0) is 21.4 Å². The van der Waals surface area contributed by atoms with Gasteiger partial charge in [-0.3, -0.25) is 0 Å². The summed E-state index contributed by atoms with van der Waals surface area (Å²) in [6, 6.07) is 13.8. The lowest BCUT2D eigenvalue weighted by Crippen LogP contribution is -2.49. The van der Waals surface area contributed by atoms with Gasteiger partial charge in [0.15, 0.2) is 0 Å². The second kappa shape index (κ2) is 8.49. The predicted molar refractivity (Wildman–Crippen MR) is 97.9 cm³/mol. The van der Waals surface area contributed by atoms with Gasteiger partial charge in [-0.1, -0.05) is 36.4 Å². The molecule has 3 rings (SSSR count). The summed E-state index contributed by atoms with van der Waals surface area (Å²) in [5, 5.41) is 2.71. The first-order valence-electron chi connectivity index (χ1n) is 8.68. The third-order valence-corrected chi connectivity index (χ3v) is 6.21. The molecule has 6 nitrogen and oxygen atoms in total. The Hall–Kier alpha value is -2.45. The van der Waals surface area contributed by atoms with Crippen LogP contribution in [0.2, 0.25) is 0 Å². The van der Waals surface area contributed by atoms with Gasteiger partial charge in [0, 0.05) is 19.1 Å². The Balaban J connectivity index is 1.58. The van der Waals surface area contributed by atoms with E-state index in [9.17, 15) is 17.6 Å². The molecule has 1 aliphatic heterocycles. The van der Waals surface area contributed by atoms with Crippen molar-refractivity contribution in [3.63, 3.8) is 0 Å². The van der Waals surface area contributed by atoms with Crippen LogP contribution in [0.3, 0.4) is 0 Å². The molecule has 2 aromatic rings. The van der Waals surface area contributed by atoms with Gasteiger partial charge in [0.1, 0.15) is 12.4 Å². The number of hydrogen-bond donors (Lipinski definition) is 1. The fraction of sp³-hybridized carbons (Fsp3) is 0.316. The summed E-state index contributed by atoms with van der Waals surface area (Å²) in [5.41, 5.74) is 0.867. The van der Waals surface area contributed by atoms with Crippen LogP contribution in [0.1, 0.15) is 18.4 Å². The van der Waals surface area contributed by atoms with E-state index in [0.29, 0.717) is 19.4 Å². The molecule has 0 aliphatic carbocycles. The molecule has 2 aromatic carbocycles. The molecule has 0 spiro atoms. The summed E-state index contributed by atoms with van der Waals surface area (Å²) in [5.74, 6) is -0.604. The van der Waals surface area contributed by atoms with E-state index in [-0.39, 0.29) is 24.1 Å². The molecule has 0 bridgehead atoms. The molecule has 0 saturated carbocycles. The highest BCUT2D eigenvalue weighted by molar-refractivity contribution is 7.89. The molecule has 1 N–H and O–H groups in total. The standard InChI is InChI=1S/C19H21FN2O4S/c20-16-8-4-10-18(12-16)27(24,25)22-11-5-9-17(13-22)21-19(23)26-14-15-6-2-1-3-7-15/h1-4,6-8,10,12,17H,5,9,11,13-14H2,(H,21,23)/t17-/m0/s1. The van der Waals surface area contributed by atoms with Crippen molar-refractivity contribution in [2.75, 3.05) is 13.1 Å². The number of halogens is 1. The molecule has 0 aromatic heterocycles. The average molecular weight is 392 g/mol. The zero-order valence-corrected chi connectivity index (χ0v) is 15.5. The molecule has 1 atom stereocenters. The Labute approximate surface area is 158 Å². The highest BCUT2D eigenvalue weighted by atomic mass is 32.2. The van der Waals surface area contributed by atoms with Crippen LogP contribution in [0.25, 0.3) is 0 Å². The van der Waals surface area contributed by atoms with E-state index < -0.39 is 21.9 Å². The number of carbonyl (C=O) groups is 1. The highest BCUT2D eigenvalue weighted by Gasteiger charge is 2.31. The Kier molecular flexibility index (Phi) is 6.08. The number of carbonyl (C=O) groups excluding carboxylic acids is 1. The van der Waals surface area contributed by atoms with Crippen LogP contribution in [0, 0.1) is 5.82 Å². The van der Waals surface area contributed by atoms with Crippen molar-refractivity contribution in [3.8, 4) is 0 Å². The van der Waals surface area contributed by atoms with Gasteiger partial charge in [0.2, 0.25) is 10.0 Å². The molecule has 27 heavy (non-hydrogen) atoms. The van der Waals surface area contributed by atoms with E-state index >= 15 is 0 Å². The summed E-state index contributed by atoms with van der Waals surface area (Å²) in [6.07, 6.45) is 0.655. The first-order valence-corrected chi connectivity index (χ1v) is 10.1. The number of benzene rings is 2. The number of amides is 1. The fourth-order valence-electron chi connectivity index (χ4n) is 2.99. The third-order valence-electron chi connectivity index (χ3n) is 4.35. The molecule has 0 unspecified atom stereocenters. The van der Waals surface area contributed by atoms with Crippen LogP contribution in [0.4, 0.5) is 9.18 Å². The quantitative estimate of drug-likeness (QED) is 0.849. The third kappa shape index (κ3) is 5.05. The largest absolute Gasteiger partial charge is 0.445 e. The second-order valence-electron chi connectivity index (χ2n) is 6.37. The summed E-state index contributed by atoms with van der Waals surface area (Å²) in [6.45, 7) is 0.597. The maximum atomic E-state index is 13.4. The fourth-order valence-corrected chi connectivity index (χ4v) is 4.54. The number of alkyl carbamates (subject to hydrolysis) is 1. The minimum Gasteiger partial charge on any atom is -0.445 e. The van der Waals surface area contributed by atoms with Gasteiger partial charge in [0.05, 0.1) is 4.90 Å². The van der Waals surface area contributed by atoms with Crippen molar-refractivity contribution in [1.82, 2.24) is 9.62 Å². The number of ether oxygens (including phenoxy) is 1. The summed E-state index contributed by atoms with van der Waals surface area (Å²) >= 11 is 0. The summed E-state index contributed by atoms with van der Waals surface area (Å²) in [7, 11) is -3.81. The van der Waals surface area contributed by atoms with Crippen LogP contribution in [-0.4, -0.2) is 37.9 Å². The van der Waals surface area contributed by atoms with E-state index in [4.69, 9.17) is 4.74 Å². The predicted octanol–water partition coefficient (Wildman–Crippen LogP) is 2.91. The van der Waals surface area contributed by atoms with Crippen LogP contribution >= 0.6 is 0 Å². The smallest absolute Gasteiger partial charge is 0.407 e. The van der Waals surface area contributed by atoms with Gasteiger partial charge in [-0.15, -0.1) is 0 Å². The van der Waals surface area contributed by atoms with Crippen LogP contribution in [0.15, 0.2) is 59.5 Å². The van der Waals surface area contributed by atoms with E-state index in [1.165, 1.54) is 22.5 Å². The number of hydrogen-bond acceptors (Lipinski definition) is 4. The van der Waals surface area contributed by atoms with Crippen molar-refractivity contribution < 1.29 is 22.3 Å². The lowest BCUT2D eigenvalue weighted by Gasteiger charge is -2.32. The van der Waals surface area contributed by atoms with Gasteiger partial charge in [0.25, 0.3) is 0 Å². The molecular weight excluding hydrogens is 371 g/mol. The molecule has 1 fully saturated rings. The minimum atomic E-state index is -3.81. The normalized spacial score (nSPS) is 18.0. The van der Waals surface area contributed by atoms with Crippen LogP contribution < -0.4 is 5.32 Å². The summed E-state index contributed by atoms with van der Waals surface area (Å²) < 4.78 is 45.2. The Bertz CT molecular complexity index is 890. The second-order valence-corrected chi connectivity index (χ2v) is 8.30. The van der Waals surface area contributed by atoms with Gasteiger partial charge in [-0.05, 0) is 36.6 Å². The van der Waals surface area contributed by atoms with Gasteiger partial charge in [-0.25, -0.2) is 17.6 Å². The lowest BCUT2D eigenvalue weighted by atomic mass is 10.1. The zero-order valence-electron chi connectivity index (χ0n) is 14.7. The molecular formula is C19H21FN2O4S. The monoisotopic (exact) mass is 392 g/mol. The molecule has 144 valence electrons. The minimum absolute atomic E-state index is 0.0881. The Morgan fingerprint density at radius 1 is 1.19 bits per heavy atom. The molecule has 0 radical (unpaired) electrons. The van der Waals surface area contributed by atoms with E-state index in [1.807, 2.05) is 30.3 Å². The molecule has 1 saturated heterocycles. The number of nitrogens with one attached hydrogen (secondary N) is 1. The van der Waals surface area contributed by atoms with Gasteiger partial charge < -0.3 is 10.1 Å². The SMILES string of the molecule is O=C(N[C@H]1CCCN(S(=O)(=O)c2cccc(F)c2)C1)OCc1ccccc1. The Morgan fingerprint density at radius 2 is 1.96 bits per heavy atom. The van der Waals surface area contributed by atoms with Crippen molar-refractivity contribution in [3.05, 3.63) is 66.0 Å². The van der Waals surface area contributed by atoms with Gasteiger partial charge in [-0.2, -0.15) is 4.31 Å². The van der Waals surface area contributed by atoms with E-state index in [0.717, 1.165) is 11.6 Å². The van der Waals surface area contributed by atoms with Crippen molar-refractivity contribution in [1.29, 1.82) is 0 Å². The zero-order chi connectivity index (χ0) is 19.3.